The van der Waals surface area contributed by atoms with Crippen LogP contribution in [-0.2, 0) is 4.74 Å². The van der Waals surface area contributed by atoms with E-state index in [1.807, 2.05) is 0 Å². The van der Waals surface area contributed by atoms with Crippen molar-refractivity contribution >= 4 is 5.69 Å². The maximum Gasteiger partial charge on any atom is 0.149 e. The lowest BCUT2D eigenvalue weighted by Crippen LogP contribution is -2.28. The number of nitrogens with one attached hydrogen (secondary N) is 1. The molecule has 1 aliphatic rings. The van der Waals surface area contributed by atoms with Crippen LogP contribution in [0.2, 0.25) is 0 Å². The molecule has 0 heterocycles. The van der Waals surface area contributed by atoms with E-state index in [4.69, 9.17) is 4.74 Å². The molecule has 1 saturated carbocycles. The molecule has 0 aliphatic heterocycles. The van der Waals surface area contributed by atoms with Gasteiger partial charge in [-0.15, -0.1) is 0 Å². The molecule has 0 bridgehead atoms. The highest BCUT2D eigenvalue weighted by Gasteiger charge is 2.15. The fraction of sp³-hybridized carbons (Fsp3) is 0.600. The molecule has 0 saturated heterocycles. The van der Waals surface area contributed by atoms with Crippen LogP contribution in [0.25, 0.3) is 0 Å². The monoisotopic (exact) mass is 285 g/mol. The van der Waals surface area contributed by atoms with Crippen LogP contribution in [0.1, 0.15) is 32.1 Å². The molecule has 2 N–H and O–H groups in total. The Kier molecular flexibility index (Phi) is 5.73. The van der Waals surface area contributed by atoms with Crippen LogP contribution in [0.4, 0.5) is 14.5 Å². The molecule has 1 aliphatic carbocycles. The summed E-state index contributed by atoms with van der Waals surface area (Å²) in [6, 6.07) is 3.31. The summed E-state index contributed by atoms with van der Waals surface area (Å²) >= 11 is 0. The highest BCUT2D eigenvalue weighted by Crippen LogP contribution is 2.20. The maximum absolute atomic E-state index is 13.4. The number of hydrogen-bond acceptors (Lipinski definition) is 3. The Balaban J connectivity index is 1.70. The molecule has 0 aromatic heterocycles. The third-order valence-electron chi connectivity index (χ3n) is 3.54. The summed E-state index contributed by atoms with van der Waals surface area (Å²) in [5.41, 5.74) is 0.183. The number of hydrogen-bond donors (Lipinski definition) is 2. The topological polar surface area (TPSA) is 41.5 Å². The van der Waals surface area contributed by atoms with Gasteiger partial charge in [-0.1, -0.05) is 19.3 Å². The van der Waals surface area contributed by atoms with E-state index in [-0.39, 0.29) is 24.9 Å². The standard InChI is InChI=1S/C15H21F2NO2/c16-11-6-7-15(14(17)8-11)18-9-12(19)10-20-13-4-2-1-3-5-13/h6-8,12-13,18-19H,1-5,9-10H2. The number of ether oxygens (including phenoxy) is 1. The molecule has 5 heteroatoms. The van der Waals surface area contributed by atoms with Crippen LogP contribution < -0.4 is 5.32 Å². The van der Waals surface area contributed by atoms with Crippen molar-refractivity contribution in [3.63, 3.8) is 0 Å². The summed E-state index contributed by atoms with van der Waals surface area (Å²) in [4.78, 5) is 0. The fourth-order valence-electron chi connectivity index (χ4n) is 2.40. The molecule has 20 heavy (non-hydrogen) atoms. The summed E-state index contributed by atoms with van der Waals surface area (Å²) < 4.78 is 31.7. The molecule has 0 radical (unpaired) electrons. The van der Waals surface area contributed by atoms with Gasteiger partial charge in [0.25, 0.3) is 0 Å². The molecule has 3 nitrogen and oxygen atoms in total. The van der Waals surface area contributed by atoms with Gasteiger partial charge in [0.15, 0.2) is 0 Å². The molecule has 0 spiro atoms. The third-order valence-corrected chi connectivity index (χ3v) is 3.54. The van der Waals surface area contributed by atoms with Crippen molar-refractivity contribution in [1.82, 2.24) is 0 Å². The molecule has 1 unspecified atom stereocenters. The van der Waals surface area contributed by atoms with Gasteiger partial charge >= 0.3 is 0 Å². The average molecular weight is 285 g/mol. The van der Waals surface area contributed by atoms with Crippen molar-refractivity contribution in [1.29, 1.82) is 0 Å². The van der Waals surface area contributed by atoms with Gasteiger partial charge in [0, 0.05) is 12.6 Å². The van der Waals surface area contributed by atoms with Crippen LogP contribution in [0.3, 0.4) is 0 Å². The van der Waals surface area contributed by atoms with Crippen LogP contribution >= 0.6 is 0 Å². The van der Waals surface area contributed by atoms with E-state index >= 15 is 0 Å². The predicted octanol–water partition coefficient (Wildman–Crippen LogP) is 3.09. The minimum atomic E-state index is -0.707. The zero-order valence-electron chi connectivity index (χ0n) is 11.4. The minimum Gasteiger partial charge on any atom is -0.389 e. The first-order chi connectivity index (χ1) is 9.65. The lowest BCUT2D eigenvalue weighted by Gasteiger charge is -2.23. The Hall–Kier alpha value is -1.20. The van der Waals surface area contributed by atoms with Crippen LogP contribution in [0.5, 0.6) is 0 Å². The van der Waals surface area contributed by atoms with Gasteiger partial charge in [-0.05, 0) is 25.0 Å². The van der Waals surface area contributed by atoms with Crippen LogP contribution in [-0.4, -0.2) is 30.5 Å². The van der Waals surface area contributed by atoms with Crippen molar-refractivity contribution in [2.45, 2.75) is 44.3 Å². The number of aliphatic hydroxyl groups excluding tert-OH is 1. The molecule has 1 atom stereocenters. The smallest absolute Gasteiger partial charge is 0.149 e. The third kappa shape index (κ3) is 4.72. The second-order valence-corrected chi connectivity index (χ2v) is 5.25. The normalized spacial score (nSPS) is 17.9. The molecule has 1 fully saturated rings. The second kappa shape index (κ2) is 7.55. The van der Waals surface area contributed by atoms with E-state index in [2.05, 4.69) is 5.32 Å². The fourth-order valence-corrected chi connectivity index (χ4v) is 2.40. The van der Waals surface area contributed by atoms with Gasteiger partial charge < -0.3 is 15.2 Å². The number of rotatable bonds is 6. The van der Waals surface area contributed by atoms with E-state index in [1.165, 1.54) is 31.4 Å². The number of aliphatic hydroxyl groups is 1. The molecule has 1 aromatic carbocycles. The molecular formula is C15H21F2NO2. The largest absolute Gasteiger partial charge is 0.389 e. The highest BCUT2D eigenvalue weighted by molar-refractivity contribution is 5.44. The van der Waals surface area contributed by atoms with E-state index in [9.17, 15) is 13.9 Å². The van der Waals surface area contributed by atoms with E-state index < -0.39 is 17.7 Å². The number of halogens is 2. The molecule has 1 aromatic rings. The van der Waals surface area contributed by atoms with E-state index in [0.29, 0.717) is 0 Å². The Morgan fingerprint density at radius 1 is 1.25 bits per heavy atom. The highest BCUT2D eigenvalue weighted by atomic mass is 19.1. The van der Waals surface area contributed by atoms with Crippen molar-refractivity contribution in [2.75, 3.05) is 18.5 Å². The SMILES string of the molecule is OC(CNc1ccc(F)cc1F)COC1CCCCC1. The van der Waals surface area contributed by atoms with Crippen molar-refractivity contribution in [3.05, 3.63) is 29.8 Å². The Morgan fingerprint density at radius 2 is 2.00 bits per heavy atom. The molecule has 0 amide bonds. The predicted molar refractivity (Wildman–Crippen MR) is 73.7 cm³/mol. The van der Waals surface area contributed by atoms with Gasteiger partial charge in [0.1, 0.15) is 11.6 Å². The first-order valence-electron chi connectivity index (χ1n) is 7.14. The van der Waals surface area contributed by atoms with Crippen molar-refractivity contribution in [2.24, 2.45) is 0 Å². The van der Waals surface area contributed by atoms with Gasteiger partial charge in [-0.2, -0.15) is 0 Å². The molecule has 2 rings (SSSR count). The van der Waals surface area contributed by atoms with Gasteiger partial charge in [0.2, 0.25) is 0 Å². The summed E-state index contributed by atoms with van der Waals surface area (Å²) in [6.45, 7) is 0.412. The van der Waals surface area contributed by atoms with Crippen molar-refractivity contribution in [3.8, 4) is 0 Å². The van der Waals surface area contributed by atoms with Crippen molar-refractivity contribution < 1.29 is 18.6 Å². The average Bonchev–Trinajstić information content (AvgIpc) is 2.45. The zero-order valence-corrected chi connectivity index (χ0v) is 11.4. The zero-order chi connectivity index (χ0) is 14.4. The van der Waals surface area contributed by atoms with Gasteiger partial charge in [-0.25, -0.2) is 8.78 Å². The number of anilines is 1. The lowest BCUT2D eigenvalue weighted by molar-refractivity contribution is -0.0195. The van der Waals surface area contributed by atoms with E-state index in [1.54, 1.807) is 0 Å². The van der Waals surface area contributed by atoms with Gasteiger partial charge in [-0.3, -0.25) is 0 Å². The molecular weight excluding hydrogens is 264 g/mol. The first kappa shape index (κ1) is 15.2. The summed E-state index contributed by atoms with van der Waals surface area (Å²) in [5.74, 6) is -1.28. The first-order valence-corrected chi connectivity index (χ1v) is 7.14. The Morgan fingerprint density at radius 3 is 2.70 bits per heavy atom. The summed E-state index contributed by atoms with van der Waals surface area (Å²) in [6.07, 6.45) is 5.25. The Bertz CT molecular complexity index is 422. The summed E-state index contributed by atoms with van der Waals surface area (Å²) in [5, 5.41) is 12.6. The lowest BCUT2D eigenvalue weighted by atomic mass is 9.98. The van der Waals surface area contributed by atoms with Gasteiger partial charge in [0.05, 0.1) is 24.5 Å². The van der Waals surface area contributed by atoms with E-state index in [0.717, 1.165) is 18.9 Å². The second-order valence-electron chi connectivity index (χ2n) is 5.25. The van der Waals surface area contributed by atoms with Crippen LogP contribution in [0, 0.1) is 11.6 Å². The quantitative estimate of drug-likeness (QED) is 0.844. The number of benzene rings is 1. The Labute approximate surface area is 117 Å². The summed E-state index contributed by atoms with van der Waals surface area (Å²) in [7, 11) is 0. The minimum absolute atomic E-state index is 0.176. The maximum atomic E-state index is 13.4. The molecule has 112 valence electrons. The van der Waals surface area contributed by atoms with Crippen LogP contribution in [0.15, 0.2) is 18.2 Å².